The highest BCUT2D eigenvalue weighted by Crippen LogP contribution is 2.24. The van der Waals surface area contributed by atoms with Gasteiger partial charge >= 0.3 is 6.36 Å². The maximum absolute atomic E-state index is 12.3. The number of nitrogens with zero attached hydrogens (tertiary/aromatic N) is 4. The number of halogens is 3. The minimum Gasteiger partial charge on any atom is -0.406 e. The fourth-order valence-corrected chi connectivity index (χ4v) is 2.95. The lowest BCUT2D eigenvalue weighted by Gasteiger charge is -2.10. The number of alkyl halides is 3. The molecule has 0 aliphatic heterocycles. The number of aromatic nitrogens is 4. The lowest BCUT2D eigenvalue weighted by atomic mass is 10.3. The summed E-state index contributed by atoms with van der Waals surface area (Å²) < 4.78 is 68.4. The van der Waals surface area contributed by atoms with E-state index < -0.39 is 22.1 Å². The second kappa shape index (κ2) is 6.63. The SMILES string of the molecule is O=S(=O)(Nc1cc(-n2cccn2)ncn1)c1ccc(OC(F)(F)F)cc1. The maximum atomic E-state index is 12.3. The molecule has 0 aliphatic carbocycles. The molecule has 26 heavy (non-hydrogen) atoms. The van der Waals surface area contributed by atoms with E-state index in [0.29, 0.717) is 5.82 Å². The number of rotatable bonds is 5. The molecule has 0 spiro atoms. The van der Waals surface area contributed by atoms with Gasteiger partial charge in [0.15, 0.2) is 5.82 Å². The molecule has 0 amide bonds. The Hall–Kier alpha value is -3.15. The number of anilines is 1. The Labute approximate surface area is 145 Å². The van der Waals surface area contributed by atoms with Crippen molar-refractivity contribution in [2.75, 3.05) is 4.72 Å². The molecular weight excluding hydrogens is 375 g/mol. The number of nitrogens with one attached hydrogen (secondary N) is 1. The largest absolute Gasteiger partial charge is 0.573 e. The summed E-state index contributed by atoms with van der Waals surface area (Å²) in [6.45, 7) is 0. The van der Waals surface area contributed by atoms with E-state index in [4.69, 9.17) is 0 Å². The normalized spacial score (nSPS) is 12.0. The first-order valence-electron chi connectivity index (χ1n) is 6.94. The van der Waals surface area contributed by atoms with Crippen LogP contribution < -0.4 is 9.46 Å². The van der Waals surface area contributed by atoms with Crippen molar-refractivity contribution >= 4 is 15.8 Å². The minimum atomic E-state index is -4.86. The molecule has 0 saturated carbocycles. The molecule has 2 heterocycles. The standard InChI is InChI=1S/C14H10F3N5O3S/c15-14(16,17)25-10-2-4-11(5-3-10)26(23,24)21-12-8-13(19-9-18-12)22-7-1-6-20-22/h1-9H,(H,18,19,21). The van der Waals surface area contributed by atoms with E-state index in [9.17, 15) is 21.6 Å². The zero-order chi connectivity index (χ0) is 18.8. The number of sulfonamides is 1. The van der Waals surface area contributed by atoms with Crippen LogP contribution in [0, 0.1) is 0 Å². The summed E-state index contributed by atoms with van der Waals surface area (Å²) in [7, 11) is -4.07. The summed E-state index contributed by atoms with van der Waals surface area (Å²) in [5.74, 6) is -0.225. The van der Waals surface area contributed by atoms with Gasteiger partial charge < -0.3 is 4.74 Å². The first-order chi connectivity index (χ1) is 12.2. The Balaban J connectivity index is 1.80. The third kappa shape index (κ3) is 4.27. The van der Waals surface area contributed by atoms with Crippen molar-refractivity contribution in [1.29, 1.82) is 0 Å². The molecule has 8 nitrogen and oxygen atoms in total. The molecule has 0 fully saturated rings. The van der Waals surface area contributed by atoms with Crippen molar-refractivity contribution in [2.45, 2.75) is 11.3 Å². The molecular formula is C14H10F3N5O3S. The van der Waals surface area contributed by atoms with Crippen molar-refractivity contribution in [3.63, 3.8) is 0 Å². The molecule has 1 aromatic carbocycles. The highest BCUT2D eigenvalue weighted by Gasteiger charge is 2.31. The van der Waals surface area contributed by atoms with Crippen LogP contribution in [-0.4, -0.2) is 34.5 Å². The number of benzene rings is 1. The van der Waals surface area contributed by atoms with Gasteiger partial charge in [-0.05, 0) is 30.3 Å². The first kappa shape index (κ1) is 17.7. The Morgan fingerprint density at radius 2 is 1.85 bits per heavy atom. The fourth-order valence-electron chi connectivity index (χ4n) is 1.95. The third-order valence-corrected chi connectivity index (χ3v) is 4.37. The predicted octanol–water partition coefficient (Wildman–Crippen LogP) is 2.36. The van der Waals surface area contributed by atoms with E-state index in [2.05, 4.69) is 24.5 Å². The second-order valence-electron chi connectivity index (χ2n) is 4.84. The van der Waals surface area contributed by atoms with Crippen molar-refractivity contribution < 1.29 is 26.3 Å². The molecule has 0 bridgehead atoms. The Kier molecular flexibility index (Phi) is 4.50. The monoisotopic (exact) mass is 385 g/mol. The molecule has 136 valence electrons. The van der Waals surface area contributed by atoms with Gasteiger partial charge in [0.2, 0.25) is 0 Å². The van der Waals surface area contributed by atoms with Crippen LogP contribution in [-0.2, 0) is 10.0 Å². The van der Waals surface area contributed by atoms with Crippen molar-refractivity contribution in [3.05, 3.63) is 55.1 Å². The van der Waals surface area contributed by atoms with E-state index in [0.717, 1.165) is 30.6 Å². The van der Waals surface area contributed by atoms with E-state index >= 15 is 0 Å². The van der Waals surface area contributed by atoms with E-state index in [1.54, 1.807) is 12.3 Å². The summed E-state index contributed by atoms with van der Waals surface area (Å²) in [5, 5.41) is 3.96. The van der Waals surface area contributed by atoms with Gasteiger partial charge in [0.1, 0.15) is 17.9 Å². The Morgan fingerprint density at radius 1 is 1.12 bits per heavy atom. The summed E-state index contributed by atoms with van der Waals surface area (Å²) >= 11 is 0. The van der Waals surface area contributed by atoms with Crippen LogP contribution in [0.25, 0.3) is 5.82 Å². The highest BCUT2D eigenvalue weighted by atomic mass is 32.2. The zero-order valence-electron chi connectivity index (χ0n) is 12.8. The van der Waals surface area contributed by atoms with Crippen LogP contribution in [0.1, 0.15) is 0 Å². The molecule has 3 rings (SSSR count). The average Bonchev–Trinajstić information content (AvgIpc) is 3.08. The van der Waals surface area contributed by atoms with Gasteiger partial charge in [-0.3, -0.25) is 4.72 Å². The summed E-state index contributed by atoms with van der Waals surface area (Å²) in [5.41, 5.74) is 0. The molecule has 0 unspecified atom stereocenters. The van der Waals surface area contributed by atoms with Crippen LogP contribution in [0.3, 0.4) is 0 Å². The van der Waals surface area contributed by atoms with Crippen LogP contribution in [0.5, 0.6) is 5.75 Å². The summed E-state index contributed by atoms with van der Waals surface area (Å²) in [6.07, 6.45) is -0.575. The van der Waals surface area contributed by atoms with Crippen molar-refractivity contribution in [1.82, 2.24) is 19.7 Å². The zero-order valence-corrected chi connectivity index (χ0v) is 13.6. The number of hydrogen-bond acceptors (Lipinski definition) is 6. The molecule has 0 saturated heterocycles. The van der Waals surface area contributed by atoms with Crippen LogP contribution >= 0.6 is 0 Å². The highest BCUT2D eigenvalue weighted by molar-refractivity contribution is 7.92. The quantitative estimate of drug-likeness (QED) is 0.724. The second-order valence-corrected chi connectivity index (χ2v) is 6.52. The lowest BCUT2D eigenvalue weighted by Crippen LogP contribution is -2.17. The first-order valence-corrected chi connectivity index (χ1v) is 8.42. The topological polar surface area (TPSA) is 99.0 Å². The summed E-state index contributed by atoms with van der Waals surface area (Å²) in [6, 6.07) is 6.79. The van der Waals surface area contributed by atoms with Crippen molar-refractivity contribution in [2.24, 2.45) is 0 Å². The molecule has 3 aromatic rings. The van der Waals surface area contributed by atoms with Crippen molar-refractivity contribution in [3.8, 4) is 11.6 Å². The maximum Gasteiger partial charge on any atom is 0.573 e. The Morgan fingerprint density at radius 3 is 2.46 bits per heavy atom. The number of hydrogen-bond donors (Lipinski definition) is 1. The molecule has 12 heteroatoms. The molecule has 0 atom stereocenters. The van der Waals surface area contributed by atoms with Crippen LogP contribution in [0.15, 0.2) is 60.0 Å². The van der Waals surface area contributed by atoms with Gasteiger partial charge in [0, 0.05) is 18.5 Å². The van der Waals surface area contributed by atoms with E-state index in [1.807, 2.05) is 0 Å². The molecule has 1 N–H and O–H groups in total. The van der Waals surface area contributed by atoms with Crippen LogP contribution in [0.4, 0.5) is 19.0 Å². The van der Waals surface area contributed by atoms with E-state index in [-0.39, 0.29) is 10.7 Å². The molecule has 0 radical (unpaired) electrons. The average molecular weight is 385 g/mol. The van der Waals surface area contributed by atoms with Gasteiger partial charge in [-0.1, -0.05) is 0 Å². The third-order valence-electron chi connectivity index (χ3n) is 3.00. The van der Waals surface area contributed by atoms with Gasteiger partial charge in [-0.2, -0.15) is 5.10 Å². The predicted molar refractivity (Wildman–Crippen MR) is 83.1 cm³/mol. The minimum absolute atomic E-state index is 0.0267. The van der Waals surface area contributed by atoms with Gasteiger partial charge in [0.05, 0.1) is 4.90 Å². The molecule has 2 aromatic heterocycles. The Bertz CT molecular complexity index is 989. The van der Waals surface area contributed by atoms with Crippen LogP contribution in [0.2, 0.25) is 0 Å². The summed E-state index contributed by atoms with van der Waals surface area (Å²) in [4.78, 5) is 7.51. The van der Waals surface area contributed by atoms with Gasteiger partial charge in [-0.15, -0.1) is 13.2 Å². The van der Waals surface area contributed by atoms with Gasteiger partial charge in [0.25, 0.3) is 10.0 Å². The smallest absolute Gasteiger partial charge is 0.406 e. The van der Waals surface area contributed by atoms with E-state index in [1.165, 1.54) is 16.9 Å². The number of ether oxygens (including phenoxy) is 1. The lowest BCUT2D eigenvalue weighted by molar-refractivity contribution is -0.274. The fraction of sp³-hybridized carbons (Fsp3) is 0.0714. The van der Waals surface area contributed by atoms with Gasteiger partial charge in [-0.25, -0.2) is 23.1 Å². The molecule has 0 aliphatic rings.